The molecule has 0 saturated carbocycles. The summed E-state index contributed by atoms with van der Waals surface area (Å²) in [6.07, 6.45) is 0. The van der Waals surface area contributed by atoms with Gasteiger partial charge in [-0.25, -0.2) is 0 Å². The Labute approximate surface area is 149 Å². The van der Waals surface area contributed by atoms with Gasteiger partial charge in [-0.1, -0.05) is 12.1 Å². The van der Waals surface area contributed by atoms with Gasteiger partial charge in [-0.15, -0.1) is 11.8 Å². The van der Waals surface area contributed by atoms with Crippen molar-refractivity contribution in [3.05, 3.63) is 52.6 Å². The van der Waals surface area contributed by atoms with E-state index in [-0.39, 0.29) is 23.9 Å². The van der Waals surface area contributed by atoms with Crippen molar-refractivity contribution in [1.29, 1.82) is 0 Å². The molecule has 1 heterocycles. The number of thioether (sulfide) groups is 1. The maximum absolute atomic E-state index is 12.4. The summed E-state index contributed by atoms with van der Waals surface area (Å²) < 4.78 is 5.15. The van der Waals surface area contributed by atoms with Gasteiger partial charge in [0.05, 0.1) is 36.0 Å². The smallest absolute Gasteiger partial charge is 0.273 e. The van der Waals surface area contributed by atoms with Crippen molar-refractivity contribution in [2.24, 2.45) is 0 Å². The molecule has 25 heavy (non-hydrogen) atoms. The minimum atomic E-state index is -0.504. The van der Waals surface area contributed by atoms with E-state index in [1.54, 1.807) is 11.8 Å². The van der Waals surface area contributed by atoms with Gasteiger partial charge in [-0.3, -0.25) is 14.9 Å². The lowest BCUT2D eigenvalue weighted by Gasteiger charge is -2.30. The zero-order valence-electron chi connectivity index (χ0n) is 13.6. The number of carbonyl (C=O) groups is 1. The van der Waals surface area contributed by atoms with Crippen molar-refractivity contribution >= 4 is 34.7 Å². The molecule has 3 rings (SSSR count). The molecule has 2 aromatic rings. The average molecular weight is 359 g/mol. The molecule has 0 aliphatic carbocycles. The SMILES string of the molecule is COc1cc([N+](=O)[O-])ccc1NC(=O)CN1CCSc2ccccc21. The molecular weight excluding hydrogens is 342 g/mol. The van der Waals surface area contributed by atoms with Crippen molar-refractivity contribution < 1.29 is 14.5 Å². The van der Waals surface area contributed by atoms with Gasteiger partial charge in [0.25, 0.3) is 5.69 Å². The Balaban J connectivity index is 1.72. The summed E-state index contributed by atoms with van der Waals surface area (Å²) in [5.41, 5.74) is 1.37. The molecule has 0 fully saturated rings. The molecule has 8 heteroatoms. The molecular formula is C17H17N3O4S. The molecule has 1 N–H and O–H groups in total. The van der Waals surface area contributed by atoms with Crippen LogP contribution in [0.2, 0.25) is 0 Å². The van der Waals surface area contributed by atoms with Crippen LogP contribution in [0.5, 0.6) is 5.75 Å². The second-order valence-corrected chi connectivity index (χ2v) is 6.56. The first-order valence-corrected chi connectivity index (χ1v) is 8.66. The van der Waals surface area contributed by atoms with Gasteiger partial charge in [0.1, 0.15) is 5.75 Å². The number of rotatable bonds is 5. The minimum absolute atomic E-state index is 0.0863. The zero-order chi connectivity index (χ0) is 17.8. The first-order chi connectivity index (χ1) is 12.1. The van der Waals surface area contributed by atoms with E-state index in [1.165, 1.54) is 25.3 Å². The topological polar surface area (TPSA) is 84.7 Å². The van der Waals surface area contributed by atoms with E-state index in [0.29, 0.717) is 5.69 Å². The number of nitrogens with zero attached hydrogens (tertiary/aromatic N) is 2. The number of nitro groups is 1. The molecule has 0 unspecified atom stereocenters. The summed E-state index contributed by atoms with van der Waals surface area (Å²) >= 11 is 1.78. The number of hydrogen-bond donors (Lipinski definition) is 1. The Morgan fingerprint density at radius 2 is 2.16 bits per heavy atom. The summed E-state index contributed by atoms with van der Waals surface area (Å²) in [4.78, 5) is 25.9. The average Bonchev–Trinajstić information content (AvgIpc) is 2.62. The molecule has 0 bridgehead atoms. The number of nitrogens with one attached hydrogen (secondary N) is 1. The molecule has 0 atom stereocenters. The van der Waals surface area contributed by atoms with Gasteiger partial charge in [0.2, 0.25) is 5.91 Å². The van der Waals surface area contributed by atoms with E-state index in [9.17, 15) is 14.9 Å². The van der Waals surface area contributed by atoms with Gasteiger partial charge < -0.3 is 15.0 Å². The third kappa shape index (κ3) is 3.85. The van der Waals surface area contributed by atoms with Gasteiger partial charge in [-0.05, 0) is 18.2 Å². The lowest BCUT2D eigenvalue weighted by Crippen LogP contribution is -2.36. The Bertz CT molecular complexity index is 812. The summed E-state index contributed by atoms with van der Waals surface area (Å²) in [7, 11) is 1.41. The number of anilines is 2. The third-order valence-corrected chi connectivity index (χ3v) is 4.87. The molecule has 0 aromatic heterocycles. The number of nitro benzene ring substituents is 1. The molecule has 0 spiro atoms. The Hall–Kier alpha value is -2.74. The van der Waals surface area contributed by atoms with E-state index in [1.807, 2.05) is 29.2 Å². The van der Waals surface area contributed by atoms with Crippen molar-refractivity contribution in [3.8, 4) is 5.75 Å². The maximum atomic E-state index is 12.4. The van der Waals surface area contributed by atoms with Crippen LogP contribution < -0.4 is 15.0 Å². The Morgan fingerprint density at radius 1 is 1.36 bits per heavy atom. The number of non-ortho nitro benzene ring substituents is 1. The van der Waals surface area contributed by atoms with Crippen LogP contribution in [0.25, 0.3) is 0 Å². The van der Waals surface area contributed by atoms with Crippen LogP contribution >= 0.6 is 11.8 Å². The highest BCUT2D eigenvalue weighted by molar-refractivity contribution is 7.99. The van der Waals surface area contributed by atoms with Crippen molar-refractivity contribution in [3.63, 3.8) is 0 Å². The largest absolute Gasteiger partial charge is 0.494 e. The zero-order valence-corrected chi connectivity index (χ0v) is 14.4. The van der Waals surface area contributed by atoms with Crippen LogP contribution in [0.3, 0.4) is 0 Å². The van der Waals surface area contributed by atoms with E-state index in [4.69, 9.17) is 4.74 Å². The minimum Gasteiger partial charge on any atom is -0.494 e. The Kier molecular flexibility index (Phi) is 5.08. The van der Waals surface area contributed by atoms with Crippen LogP contribution in [-0.4, -0.2) is 36.8 Å². The second kappa shape index (κ2) is 7.43. The fourth-order valence-corrected chi connectivity index (χ4v) is 3.70. The van der Waals surface area contributed by atoms with Crippen LogP contribution in [0.1, 0.15) is 0 Å². The van der Waals surface area contributed by atoms with E-state index in [0.717, 1.165) is 22.9 Å². The first-order valence-electron chi connectivity index (χ1n) is 7.67. The molecule has 1 aliphatic heterocycles. The molecule has 1 aliphatic rings. The fourth-order valence-electron chi connectivity index (χ4n) is 2.65. The summed E-state index contributed by atoms with van der Waals surface area (Å²) in [6, 6.07) is 12.1. The van der Waals surface area contributed by atoms with Crippen LogP contribution in [0.4, 0.5) is 17.1 Å². The van der Waals surface area contributed by atoms with Crippen LogP contribution in [0, 0.1) is 10.1 Å². The van der Waals surface area contributed by atoms with Gasteiger partial charge in [0, 0.05) is 23.3 Å². The van der Waals surface area contributed by atoms with Crippen molar-refractivity contribution in [2.75, 3.05) is 36.2 Å². The first kappa shape index (κ1) is 17.1. The second-order valence-electron chi connectivity index (χ2n) is 5.43. The van der Waals surface area contributed by atoms with E-state index in [2.05, 4.69) is 5.32 Å². The normalized spacial score (nSPS) is 13.1. The van der Waals surface area contributed by atoms with Gasteiger partial charge >= 0.3 is 0 Å². The van der Waals surface area contributed by atoms with Crippen LogP contribution in [0.15, 0.2) is 47.4 Å². The number of ether oxygens (including phenoxy) is 1. The van der Waals surface area contributed by atoms with Crippen LogP contribution in [-0.2, 0) is 4.79 Å². The van der Waals surface area contributed by atoms with Gasteiger partial charge in [0.15, 0.2) is 0 Å². The van der Waals surface area contributed by atoms with Crippen molar-refractivity contribution in [1.82, 2.24) is 0 Å². The summed E-state index contributed by atoms with van der Waals surface area (Å²) in [5.74, 6) is 0.983. The van der Waals surface area contributed by atoms with E-state index < -0.39 is 4.92 Å². The number of amides is 1. The fraction of sp³-hybridized carbons (Fsp3) is 0.235. The number of para-hydroxylation sites is 1. The highest BCUT2D eigenvalue weighted by atomic mass is 32.2. The molecule has 2 aromatic carbocycles. The Morgan fingerprint density at radius 3 is 2.92 bits per heavy atom. The standard InChI is InChI=1S/C17H17N3O4S/c1-24-15-10-12(20(22)23)6-7-13(15)18-17(21)11-19-8-9-25-16-5-3-2-4-14(16)19/h2-7,10H,8-9,11H2,1H3,(H,18,21). The molecule has 0 saturated heterocycles. The third-order valence-electron chi connectivity index (χ3n) is 3.83. The number of methoxy groups -OCH3 is 1. The molecule has 1 amide bonds. The lowest BCUT2D eigenvalue weighted by atomic mass is 10.2. The number of hydrogen-bond acceptors (Lipinski definition) is 6. The number of fused-ring (bicyclic) bond motifs is 1. The lowest BCUT2D eigenvalue weighted by molar-refractivity contribution is -0.384. The molecule has 7 nitrogen and oxygen atoms in total. The quantitative estimate of drug-likeness (QED) is 0.652. The predicted octanol–water partition coefficient (Wildman–Crippen LogP) is 3.15. The highest BCUT2D eigenvalue weighted by Gasteiger charge is 2.20. The maximum Gasteiger partial charge on any atom is 0.273 e. The van der Waals surface area contributed by atoms with E-state index >= 15 is 0 Å². The monoisotopic (exact) mass is 359 g/mol. The highest BCUT2D eigenvalue weighted by Crippen LogP contribution is 2.34. The summed E-state index contributed by atoms with van der Waals surface area (Å²) in [5, 5.41) is 13.6. The number of carbonyl (C=O) groups excluding carboxylic acids is 1. The molecule has 0 radical (unpaired) electrons. The van der Waals surface area contributed by atoms with Crippen molar-refractivity contribution in [2.45, 2.75) is 4.90 Å². The number of benzene rings is 2. The predicted molar refractivity (Wildman–Crippen MR) is 97.7 cm³/mol. The molecule has 130 valence electrons. The summed E-state index contributed by atoms with van der Waals surface area (Å²) in [6.45, 7) is 0.990. The van der Waals surface area contributed by atoms with Gasteiger partial charge in [-0.2, -0.15) is 0 Å².